The first-order chi connectivity index (χ1) is 17.7. The maximum atomic E-state index is 16.2. The Labute approximate surface area is 209 Å². The van der Waals surface area contributed by atoms with Crippen LogP contribution in [0.15, 0.2) is 36.9 Å². The van der Waals surface area contributed by atoms with Crippen LogP contribution < -0.4 is 4.74 Å². The van der Waals surface area contributed by atoms with Gasteiger partial charge in [-0.3, -0.25) is 0 Å². The predicted molar refractivity (Wildman–Crippen MR) is 111 cm³/mol. The molecule has 1 aromatic carbocycles. The normalized spacial score (nSPS) is 25.2. The summed E-state index contributed by atoms with van der Waals surface area (Å²) >= 11 is 0. The van der Waals surface area contributed by atoms with E-state index >= 15 is 8.78 Å². The van der Waals surface area contributed by atoms with E-state index < -0.39 is 71.0 Å². The fraction of sp³-hybridized carbons (Fsp3) is 0.500. The fourth-order valence-electron chi connectivity index (χ4n) is 5.44. The van der Waals surface area contributed by atoms with Gasteiger partial charge in [-0.2, -0.15) is 13.2 Å². The molecule has 2 heterocycles. The van der Waals surface area contributed by atoms with Crippen molar-refractivity contribution in [3.8, 4) is 6.01 Å². The molecule has 2 unspecified atom stereocenters. The molecule has 3 fully saturated rings. The van der Waals surface area contributed by atoms with E-state index in [1.54, 1.807) is 0 Å². The largest absolute Gasteiger partial charge is 0.460 e. The van der Waals surface area contributed by atoms with Gasteiger partial charge in [-0.05, 0) is 47.4 Å². The maximum Gasteiger partial charge on any atom is 0.417 e. The molecule has 3 aliphatic rings. The highest BCUT2D eigenvalue weighted by atomic mass is 19.4. The first-order valence-corrected chi connectivity index (χ1v) is 11.2. The van der Waals surface area contributed by atoms with Crippen molar-refractivity contribution in [1.29, 1.82) is 0 Å². The molecule has 0 amide bonds. The van der Waals surface area contributed by atoms with Crippen molar-refractivity contribution in [2.45, 2.75) is 55.0 Å². The van der Waals surface area contributed by atoms with E-state index in [4.69, 9.17) is 9.84 Å². The maximum absolute atomic E-state index is 16.2. The molecule has 0 saturated heterocycles. The molecular weight excluding hydrogens is 529 g/mol. The van der Waals surface area contributed by atoms with Crippen molar-refractivity contribution in [2.24, 2.45) is 5.41 Å². The second-order valence-corrected chi connectivity index (χ2v) is 9.78. The minimum atomic E-state index is -4.88. The Morgan fingerprint density at radius 2 is 1.71 bits per heavy atom. The van der Waals surface area contributed by atoms with Gasteiger partial charge in [-0.25, -0.2) is 32.2 Å². The number of aliphatic hydroxyl groups is 2. The van der Waals surface area contributed by atoms with Crippen molar-refractivity contribution in [3.05, 3.63) is 59.7 Å². The number of tetrazole rings is 1. The first kappa shape index (κ1) is 26.2. The van der Waals surface area contributed by atoms with Gasteiger partial charge in [0.1, 0.15) is 24.6 Å². The number of halogens is 7. The Balaban J connectivity index is 1.35. The monoisotopic (exact) mass is 548 g/mol. The zero-order valence-corrected chi connectivity index (χ0v) is 19.2. The topological polar surface area (TPSA) is 119 Å². The highest BCUT2D eigenvalue weighted by molar-refractivity contribution is 5.41. The Bertz CT molecular complexity index is 1300. The van der Waals surface area contributed by atoms with Crippen LogP contribution in [-0.4, -0.2) is 65.2 Å². The third-order valence-corrected chi connectivity index (χ3v) is 7.36. The zero-order valence-electron chi connectivity index (χ0n) is 19.2. The summed E-state index contributed by atoms with van der Waals surface area (Å²) in [7, 11) is 0. The second-order valence-electron chi connectivity index (χ2n) is 9.78. The number of nitrogens with zero attached hydrogens (tertiary/aromatic N) is 6. The molecule has 2 atom stereocenters. The number of benzene rings is 1. The summed E-state index contributed by atoms with van der Waals surface area (Å²) in [4.78, 5) is 7.59. The fourth-order valence-corrected chi connectivity index (χ4v) is 5.44. The summed E-state index contributed by atoms with van der Waals surface area (Å²) in [6.45, 7) is -2.04. The van der Waals surface area contributed by atoms with Crippen LogP contribution >= 0.6 is 0 Å². The van der Waals surface area contributed by atoms with E-state index in [9.17, 15) is 27.1 Å². The van der Waals surface area contributed by atoms with Gasteiger partial charge in [-0.1, -0.05) is 0 Å². The number of rotatable bonds is 9. The molecule has 16 heteroatoms. The molecule has 3 aromatic rings. The van der Waals surface area contributed by atoms with Gasteiger partial charge in [-0.15, -0.1) is 5.10 Å². The van der Waals surface area contributed by atoms with Crippen LogP contribution in [0.2, 0.25) is 0 Å². The van der Waals surface area contributed by atoms with Crippen LogP contribution in [0.3, 0.4) is 0 Å². The third kappa shape index (κ3) is 3.97. The van der Waals surface area contributed by atoms with Crippen molar-refractivity contribution in [3.63, 3.8) is 0 Å². The average Bonchev–Trinajstić information content (AvgIpc) is 3.28. The van der Waals surface area contributed by atoms with Gasteiger partial charge in [0.25, 0.3) is 5.92 Å². The van der Waals surface area contributed by atoms with Crippen molar-refractivity contribution in [1.82, 2.24) is 30.2 Å². The Hall–Kier alpha value is -3.40. The summed E-state index contributed by atoms with van der Waals surface area (Å²) in [5, 5.41) is 30.5. The van der Waals surface area contributed by atoms with Gasteiger partial charge in [0.15, 0.2) is 11.7 Å². The van der Waals surface area contributed by atoms with Crippen LogP contribution in [0.1, 0.15) is 30.4 Å². The average molecular weight is 548 g/mol. The quantitative estimate of drug-likeness (QED) is 0.392. The highest BCUT2D eigenvalue weighted by Crippen LogP contribution is 2.80. The number of alkyl halides is 5. The van der Waals surface area contributed by atoms with Crippen molar-refractivity contribution < 1.29 is 45.7 Å². The molecule has 9 nitrogen and oxygen atoms in total. The number of hydrogen-bond acceptors (Lipinski definition) is 8. The van der Waals surface area contributed by atoms with E-state index in [1.165, 1.54) is 12.4 Å². The SMILES string of the molecule is OC(COc1ncc(C23CC(C(F)(F)C(O)(Cn4cnnn4)c4ccc(F)cc4F)(C2)C3)cn1)C(F)(F)F. The number of aliphatic hydroxyl groups excluding tert-OH is 1. The van der Waals surface area contributed by atoms with Crippen LogP contribution in [-0.2, 0) is 17.6 Å². The molecule has 0 aliphatic heterocycles. The smallest absolute Gasteiger partial charge is 0.417 e. The van der Waals surface area contributed by atoms with Crippen LogP contribution in [0, 0.1) is 17.0 Å². The van der Waals surface area contributed by atoms with Gasteiger partial charge >= 0.3 is 12.2 Å². The zero-order chi connectivity index (χ0) is 27.6. The molecule has 0 radical (unpaired) electrons. The van der Waals surface area contributed by atoms with E-state index in [0.29, 0.717) is 11.6 Å². The van der Waals surface area contributed by atoms with Gasteiger partial charge in [0.2, 0.25) is 0 Å². The summed E-state index contributed by atoms with van der Waals surface area (Å²) < 4.78 is 103. The highest BCUT2D eigenvalue weighted by Gasteiger charge is 2.82. The minimum Gasteiger partial charge on any atom is -0.460 e. The summed E-state index contributed by atoms with van der Waals surface area (Å²) in [6.07, 6.45) is -4.58. The molecule has 2 N–H and O–H groups in total. The lowest BCUT2D eigenvalue weighted by Gasteiger charge is -2.74. The van der Waals surface area contributed by atoms with Crippen molar-refractivity contribution in [2.75, 3.05) is 6.61 Å². The van der Waals surface area contributed by atoms with E-state index in [1.807, 2.05) is 0 Å². The standard InChI is InChI=1S/C22H19F7N6O3/c23-13-1-2-14(15(24)3-13)20(37,10-35-11-32-33-34-35)22(28,29)19-7-18(8-19,9-19)12-4-30-17(31-5-12)38-6-16(36)21(25,26)27/h1-5,11,16,36-37H,6-10H2. The molecule has 3 saturated carbocycles. The Morgan fingerprint density at radius 1 is 1.05 bits per heavy atom. The van der Waals surface area contributed by atoms with E-state index in [0.717, 1.165) is 23.1 Å². The molecule has 2 aromatic heterocycles. The molecule has 38 heavy (non-hydrogen) atoms. The number of ether oxygens (including phenoxy) is 1. The molecule has 204 valence electrons. The minimum absolute atomic E-state index is 0.135. The Kier molecular flexibility index (Phi) is 5.90. The summed E-state index contributed by atoms with van der Waals surface area (Å²) in [5.74, 6) is -6.30. The van der Waals surface area contributed by atoms with Crippen LogP contribution in [0.5, 0.6) is 6.01 Å². The number of hydrogen-bond donors (Lipinski definition) is 2. The summed E-state index contributed by atoms with van der Waals surface area (Å²) in [5.41, 5.74) is -6.06. The lowest BCUT2D eigenvalue weighted by molar-refractivity contribution is -0.347. The van der Waals surface area contributed by atoms with E-state index in [2.05, 4.69) is 25.5 Å². The van der Waals surface area contributed by atoms with Crippen LogP contribution in [0.25, 0.3) is 0 Å². The lowest BCUT2D eigenvalue weighted by Crippen LogP contribution is -2.76. The molecular formula is C22H19F7N6O3. The second kappa shape index (κ2) is 8.56. The molecule has 6 rings (SSSR count). The number of aromatic nitrogens is 6. The van der Waals surface area contributed by atoms with Crippen LogP contribution in [0.4, 0.5) is 30.7 Å². The Morgan fingerprint density at radius 3 is 2.26 bits per heavy atom. The molecule has 3 aliphatic carbocycles. The summed E-state index contributed by atoms with van der Waals surface area (Å²) in [6, 6.07) is 1.48. The van der Waals surface area contributed by atoms with Crippen molar-refractivity contribution >= 4 is 0 Å². The lowest BCUT2D eigenvalue weighted by atomic mass is 9.31. The first-order valence-electron chi connectivity index (χ1n) is 11.2. The van der Waals surface area contributed by atoms with Gasteiger partial charge < -0.3 is 14.9 Å². The van der Waals surface area contributed by atoms with Gasteiger partial charge in [0, 0.05) is 34.9 Å². The molecule has 0 spiro atoms. The van der Waals surface area contributed by atoms with E-state index in [-0.39, 0.29) is 19.3 Å². The van der Waals surface area contributed by atoms with Gasteiger partial charge in [0.05, 0.1) is 6.54 Å². The predicted octanol–water partition coefficient (Wildman–Crippen LogP) is 2.69. The third-order valence-electron chi connectivity index (χ3n) is 7.36. The molecule has 2 bridgehead atoms.